The molecular weight excluding hydrogens is 276 g/mol. The third-order valence-corrected chi connectivity index (χ3v) is 3.01. The maximum atomic E-state index is 13.2. The van der Waals surface area contributed by atoms with Gasteiger partial charge in [0.2, 0.25) is 0 Å². The van der Waals surface area contributed by atoms with Crippen LogP contribution in [0.1, 0.15) is 27.7 Å². The molecule has 0 atom stereocenters. The third kappa shape index (κ3) is 5.64. The van der Waals surface area contributed by atoms with Crippen LogP contribution in [0, 0.1) is 5.92 Å². The van der Waals surface area contributed by atoms with Gasteiger partial charge in [-0.05, 0) is 19.0 Å². The van der Waals surface area contributed by atoms with Gasteiger partial charge in [0.1, 0.15) is 0 Å². The Labute approximate surface area is 117 Å². The molecule has 0 heterocycles. The number of halogens is 4. The molecule has 0 saturated heterocycles. The smallest absolute Gasteiger partial charge is 0.336 e. The molecule has 0 spiro atoms. The standard InChI is InChI=1S/C13H24F4N2O/c1-5-18(6-2)7-8-19(9-10(3)4)12(20)13(16,17)11(14)15/h10-11H,5-9H2,1-4H3. The van der Waals surface area contributed by atoms with Crippen LogP contribution in [0.2, 0.25) is 0 Å². The van der Waals surface area contributed by atoms with E-state index in [1.54, 1.807) is 13.8 Å². The van der Waals surface area contributed by atoms with E-state index in [0.717, 1.165) is 4.90 Å². The van der Waals surface area contributed by atoms with E-state index in [2.05, 4.69) is 0 Å². The van der Waals surface area contributed by atoms with Crippen molar-refractivity contribution in [1.29, 1.82) is 0 Å². The van der Waals surface area contributed by atoms with Crippen molar-refractivity contribution < 1.29 is 22.4 Å². The van der Waals surface area contributed by atoms with E-state index < -0.39 is 18.3 Å². The fourth-order valence-electron chi connectivity index (χ4n) is 1.82. The summed E-state index contributed by atoms with van der Waals surface area (Å²) in [5.74, 6) is -6.46. The average Bonchev–Trinajstić information content (AvgIpc) is 2.36. The lowest BCUT2D eigenvalue weighted by atomic mass is 10.2. The van der Waals surface area contributed by atoms with Crippen LogP contribution in [0.3, 0.4) is 0 Å². The van der Waals surface area contributed by atoms with Crippen LogP contribution < -0.4 is 0 Å². The minimum atomic E-state index is -4.61. The summed E-state index contributed by atoms with van der Waals surface area (Å²) < 4.78 is 50.9. The highest BCUT2D eigenvalue weighted by Gasteiger charge is 2.51. The van der Waals surface area contributed by atoms with Crippen LogP contribution in [0.25, 0.3) is 0 Å². The zero-order valence-electron chi connectivity index (χ0n) is 12.5. The van der Waals surface area contributed by atoms with E-state index in [-0.39, 0.29) is 19.0 Å². The Morgan fingerprint density at radius 1 is 1.10 bits per heavy atom. The van der Waals surface area contributed by atoms with Gasteiger partial charge in [-0.2, -0.15) is 8.78 Å². The largest absolute Gasteiger partial charge is 0.383 e. The predicted octanol–water partition coefficient (Wildman–Crippen LogP) is 2.71. The molecular formula is C13H24F4N2O. The molecule has 20 heavy (non-hydrogen) atoms. The van der Waals surface area contributed by atoms with E-state index >= 15 is 0 Å². The number of alkyl halides is 4. The van der Waals surface area contributed by atoms with Gasteiger partial charge in [-0.3, -0.25) is 4.79 Å². The third-order valence-electron chi connectivity index (χ3n) is 3.01. The highest BCUT2D eigenvalue weighted by atomic mass is 19.3. The molecule has 3 nitrogen and oxygen atoms in total. The number of nitrogens with zero attached hydrogens (tertiary/aromatic N) is 2. The number of carbonyl (C=O) groups is 1. The van der Waals surface area contributed by atoms with Gasteiger partial charge in [-0.25, -0.2) is 8.78 Å². The summed E-state index contributed by atoms with van der Waals surface area (Å²) in [5, 5.41) is 0. The van der Waals surface area contributed by atoms with Crippen LogP contribution >= 0.6 is 0 Å². The second-order valence-corrected chi connectivity index (χ2v) is 5.10. The molecule has 0 aliphatic rings. The summed E-state index contributed by atoms with van der Waals surface area (Å²) in [7, 11) is 0. The van der Waals surface area contributed by atoms with Crippen molar-refractivity contribution in [2.45, 2.75) is 40.0 Å². The number of hydrogen-bond donors (Lipinski definition) is 0. The molecule has 120 valence electrons. The van der Waals surface area contributed by atoms with Gasteiger partial charge >= 0.3 is 12.3 Å². The van der Waals surface area contributed by atoms with Crippen LogP contribution in [-0.2, 0) is 4.79 Å². The number of hydrogen-bond acceptors (Lipinski definition) is 2. The lowest BCUT2D eigenvalue weighted by molar-refractivity contribution is -0.181. The Balaban J connectivity index is 4.83. The summed E-state index contributed by atoms with van der Waals surface area (Å²) in [6, 6.07) is 0. The molecule has 0 fully saturated rings. The van der Waals surface area contributed by atoms with E-state index in [4.69, 9.17) is 0 Å². The van der Waals surface area contributed by atoms with Gasteiger partial charge in [0.05, 0.1) is 0 Å². The molecule has 0 aromatic heterocycles. The molecule has 0 rings (SSSR count). The maximum Gasteiger partial charge on any atom is 0.383 e. The van der Waals surface area contributed by atoms with Crippen molar-refractivity contribution in [1.82, 2.24) is 9.80 Å². The Morgan fingerprint density at radius 2 is 1.60 bits per heavy atom. The Bertz CT molecular complexity index is 294. The Morgan fingerprint density at radius 3 is 1.95 bits per heavy atom. The average molecular weight is 300 g/mol. The number of carbonyl (C=O) groups excluding carboxylic acids is 1. The minimum Gasteiger partial charge on any atom is -0.336 e. The van der Waals surface area contributed by atoms with Gasteiger partial charge in [0.25, 0.3) is 5.91 Å². The number of amides is 1. The quantitative estimate of drug-likeness (QED) is 0.611. The summed E-state index contributed by atoms with van der Waals surface area (Å²) in [5.41, 5.74) is 0. The van der Waals surface area contributed by atoms with Crippen molar-refractivity contribution in [3.05, 3.63) is 0 Å². The normalized spacial score (nSPS) is 12.6. The SMILES string of the molecule is CCN(CC)CCN(CC(C)C)C(=O)C(F)(F)C(F)F. The summed E-state index contributed by atoms with van der Waals surface area (Å²) >= 11 is 0. The van der Waals surface area contributed by atoms with Gasteiger partial charge < -0.3 is 9.80 Å². The minimum absolute atomic E-state index is 0.0288. The first kappa shape index (κ1) is 19.1. The molecule has 0 N–H and O–H groups in total. The summed E-state index contributed by atoms with van der Waals surface area (Å²) in [6.07, 6.45) is -3.97. The van der Waals surface area contributed by atoms with Gasteiger partial charge in [-0.1, -0.05) is 27.7 Å². The molecule has 0 saturated carbocycles. The first-order chi connectivity index (χ1) is 9.16. The number of rotatable bonds is 9. The highest BCUT2D eigenvalue weighted by Crippen LogP contribution is 2.25. The van der Waals surface area contributed by atoms with Crippen molar-refractivity contribution in [2.24, 2.45) is 5.92 Å². The van der Waals surface area contributed by atoms with Gasteiger partial charge in [0, 0.05) is 19.6 Å². The lowest BCUT2D eigenvalue weighted by Crippen LogP contribution is -2.50. The zero-order valence-corrected chi connectivity index (χ0v) is 12.5. The van der Waals surface area contributed by atoms with Crippen molar-refractivity contribution >= 4 is 5.91 Å². The fraction of sp³-hybridized carbons (Fsp3) is 0.923. The van der Waals surface area contributed by atoms with E-state index in [1.807, 2.05) is 18.7 Å². The van der Waals surface area contributed by atoms with Crippen LogP contribution in [0.5, 0.6) is 0 Å². The molecule has 0 aromatic carbocycles. The van der Waals surface area contributed by atoms with Crippen LogP contribution in [-0.4, -0.2) is 60.8 Å². The predicted molar refractivity (Wildman–Crippen MR) is 70.2 cm³/mol. The van der Waals surface area contributed by atoms with Crippen molar-refractivity contribution in [3.63, 3.8) is 0 Å². The summed E-state index contributed by atoms with van der Waals surface area (Å²) in [6.45, 7) is 9.21. The molecule has 0 aliphatic carbocycles. The second kappa shape index (κ2) is 8.44. The molecule has 0 aromatic rings. The monoisotopic (exact) mass is 300 g/mol. The molecule has 1 amide bonds. The highest BCUT2D eigenvalue weighted by molar-refractivity contribution is 5.84. The molecule has 0 radical (unpaired) electrons. The first-order valence-electron chi connectivity index (χ1n) is 6.84. The van der Waals surface area contributed by atoms with Crippen molar-refractivity contribution in [3.8, 4) is 0 Å². The van der Waals surface area contributed by atoms with Crippen molar-refractivity contribution in [2.75, 3.05) is 32.7 Å². The maximum absolute atomic E-state index is 13.2. The lowest BCUT2D eigenvalue weighted by Gasteiger charge is -2.30. The first-order valence-corrected chi connectivity index (χ1v) is 6.84. The zero-order chi connectivity index (χ0) is 15.9. The molecule has 0 aliphatic heterocycles. The Kier molecular flexibility index (Phi) is 8.08. The second-order valence-electron chi connectivity index (χ2n) is 5.10. The summed E-state index contributed by atoms with van der Waals surface area (Å²) in [4.78, 5) is 14.4. The van der Waals surface area contributed by atoms with Gasteiger partial charge in [-0.15, -0.1) is 0 Å². The topological polar surface area (TPSA) is 23.6 Å². The van der Waals surface area contributed by atoms with E-state index in [9.17, 15) is 22.4 Å². The molecule has 0 bridgehead atoms. The fourth-order valence-corrected chi connectivity index (χ4v) is 1.82. The number of likely N-dealkylation sites (N-methyl/N-ethyl adjacent to an activating group) is 1. The Hall–Kier alpha value is -0.850. The van der Waals surface area contributed by atoms with E-state index in [0.29, 0.717) is 19.6 Å². The van der Waals surface area contributed by atoms with Gasteiger partial charge in [0.15, 0.2) is 0 Å². The van der Waals surface area contributed by atoms with E-state index in [1.165, 1.54) is 0 Å². The molecule has 7 heteroatoms. The van der Waals surface area contributed by atoms with Crippen LogP contribution in [0.4, 0.5) is 17.6 Å². The van der Waals surface area contributed by atoms with Crippen LogP contribution in [0.15, 0.2) is 0 Å². The molecule has 0 unspecified atom stereocenters.